The van der Waals surface area contributed by atoms with Crippen LogP contribution >= 0.6 is 0 Å². The predicted molar refractivity (Wildman–Crippen MR) is 122 cm³/mol. The molecule has 12 heteroatoms. The minimum absolute atomic E-state index is 0.102. The van der Waals surface area contributed by atoms with E-state index in [1.165, 1.54) is 19.1 Å². The molecule has 1 saturated heterocycles. The van der Waals surface area contributed by atoms with Crippen LogP contribution in [0.3, 0.4) is 0 Å². The molecule has 0 saturated carbocycles. The third-order valence-electron chi connectivity index (χ3n) is 5.17. The van der Waals surface area contributed by atoms with Crippen molar-refractivity contribution in [3.8, 4) is 22.6 Å². The lowest BCUT2D eigenvalue weighted by atomic mass is 9.92. The van der Waals surface area contributed by atoms with Crippen LogP contribution in [-0.4, -0.2) is 51.8 Å². The highest BCUT2D eigenvalue weighted by Gasteiger charge is 2.43. The zero-order valence-corrected chi connectivity index (χ0v) is 18.8. The average molecular weight is 482 g/mol. The smallest absolute Gasteiger partial charge is 0.376 e. The first-order chi connectivity index (χ1) is 16.8. The lowest BCUT2D eigenvalue weighted by molar-refractivity contribution is -0.236. The number of esters is 1. The highest BCUT2D eigenvalue weighted by atomic mass is 19.1. The summed E-state index contributed by atoms with van der Waals surface area (Å²) in [4.78, 5) is 39.6. The van der Waals surface area contributed by atoms with Crippen LogP contribution in [0.5, 0.6) is 0 Å². The van der Waals surface area contributed by atoms with Gasteiger partial charge in [0.1, 0.15) is 11.2 Å². The number of ether oxygens (including phenoxy) is 3. The van der Waals surface area contributed by atoms with Crippen molar-refractivity contribution in [2.75, 3.05) is 25.1 Å². The molecule has 0 atom stereocenters. The number of nitrogens with two attached hydrogens (primary N) is 1. The van der Waals surface area contributed by atoms with E-state index >= 15 is 0 Å². The number of nitrogens with zero attached hydrogens (tertiary/aromatic N) is 3. The molecule has 0 bridgehead atoms. The molecule has 35 heavy (non-hydrogen) atoms. The number of primary amides is 1. The number of amides is 1. The summed E-state index contributed by atoms with van der Waals surface area (Å²) in [6.07, 6.45) is 1.12. The summed E-state index contributed by atoms with van der Waals surface area (Å²) in [6.45, 7) is 5.47. The molecule has 4 N–H and O–H groups in total. The number of anilines is 1. The summed E-state index contributed by atoms with van der Waals surface area (Å²) in [5, 5.41) is 3.02. The van der Waals surface area contributed by atoms with Crippen LogP contribution in [0.2, 0.25) is 0 Å². The van der Waals surface area contributed by atoms with E-state index in [4.69, 9.17) is 15.2 Å². The van der Waals surface area contributed by atoms with Gasteiger partial charge in [0.05, 0.1) is 30.3 Å². The first-order valence-corrected chi connectivity index (χ1v) is 10.6. The molecule has 0 unspecified atom stereocenters. The van der Waals surface area contributed by atoms with Gasteiger partial charge >= 0.3 is 12.1 Å². The Kier molecular flexibility index (Phi) is 6.85. The summed E-state index contributed by atoms with van der Waals surface area (Å²) in [6, 6.07) is 7.54. The molecule has 2 aromatic heterocycles. The molecule has 0 aliphatic carbocycles. The second kappa shape index (κ2) is 9.99. The van der Waals surface area contributed by atoms with Gasteiger partial charge < -0.3 is 30.2 Å². The number of aromatic nitrogens is 4. The minimum atomic E-state index is -1.22. The van der Waals surface area contributed by atoms with Gasteiger partial charge in [-0.05, 0) is 37.3 Å². The van der Waals surface area contributed by atoms with Gasteiger partial charge in [-0.1, -0.05) is 6.08 Å². The minimum Gasteiger partial charge on any atom is -0.376 e. The fourth-order valence-corrected chi connectivity index (χ4v) is 3.35. The van der Waals surface area contributed by atoms with E-state index in [0.717, 1.165) is 0 Å². The van der Waals surface area contributed by atoms with E-state index in [9.17, 15) is 14.0 Å². The Morgan fingerprint density at radius 3 is 2.66 bits per heavy atom. The summed E-state index contributed by atoms with van der Waals surface area (Å²) < 4.78 is 29.5. The maximum Gasteiger partial charge on any atom is 0.412 e. The highest BCUT2D eigenvalue weighted by molar-refractivity contribution is 5.87. The van der Waals surface area contributed by atoms with Gasteiger partial charge in [0.15, 0.2) is 5.82 Å². The van der Waals surface area contributed by atoms with E-state index in [2.05, 4.69) is 36.6 Å². The molecule has 11 nitrogen and oxygen atoms in total. The number of nitrogens with one attached hydrogen (secondary N) is 2. The normalized spacial score (nSPS) is 19.7. The summed E-state index contributed by atoms with van der Waals surface area (Å²) in [7, 11) is 0. The monoisotopic (exact) mass is 482 g/mol. The van der Waals surface area contributed by atoms with Gasteiger partial charge in [-0.15, -0.1) is 6.58 Å². The SMILES string of the molecule is C=CCNc1nccc(-c2[nH]c(C3OCC(C)(C(=O)OC(N)=O)CO3)nc2-c2ccc(F)cc2)n1. The fraction of sp³-hybridized carbons (Fsp3) is 0.261. The number of rotatable bonds is 7. The van der Waals surface area contributed by atoms with Gasteiger partial charge in [0.25, 0.3) is 0 Å². The van der Waals surface area contributed by atoms with E-state index < -0.39 is 23.8 Å². The molecule has 3 heterocycles. The van der Waals surface area contributed by atoms with Gasteiger partial charge in [-0.3, -0.25) is 4.79 Å². The Balaban J connectivity index is 1.65. The van der Waals surface area contributed by atoms with Crippen molar-refractivity contribution in [3.05, 3.63) is 60.8 Å². The molecule has 4 rings (SSSR count). The third kappa shape index (κ3) is 5.34. The molecule has 1 amide bonds. The van der Waals surface area contributed by atoms with Crippen molar-refractivity contribution in [2.24, 2.45) is 11.1 Å². The van der Waals surface area contributed by atoms with Crippen LogP contribution in [0.1, 0.15) is 19.0 Å². The van der Waals surface area contributed by atoms with Crippen LogP contribution in [0, 0.1) is 11.2 Å². The van der Waals surface area contributed by atoms with Crippen molar-refractivity contribution < 1.29 is 28.2 Å². The molecule has 1 fully saturated rings. The molecule has 0 radical (unpaired) electrons. The highest BCUT2D eigenvalue weighted by Crippen LogP contribution is 2.36. The second-order valence-electron chi connectivity index (χ2n) is 8.01. The van der Waals surface area contributed by atoms with Gasteiger partial charge in [-0.25, -0.2) is 24.1 Å². The molecule has 1 aromatic carbocycles. The van der Waals surface area contributed by atoms with Crippen molar-refractivity contribution in [3.63, 3.8) is 0 Å². The van der Waals surface area contributed by atoms with Crippen LogP contribution in [0.15, 0.2) is 49.2 Å². The Bertz CT molecular complexity index is 1240. The molecule has 3 aromatic rings. The first kappa shape index (κ1) is 24.0. The molecule has 0 spiro atoms. The van der Waals surface area contributed by atoms with Crippen molar-refractivity contribution in [1.82, 2.24) is 19.9 Å². The first-order valence-electron chi connectivity index (χ1n) is 10.6. The van der Waals surface area contributed by atoms with Crippen LogP contribution < -0.4 is 11.1 Å². The lowest BCUT2D eigenvalue weighted by Crippen LogP contribution is -2.45. The number of carbonyl (C=O) groups is 2. The maximum atomic E-state index is 13.5. The Morgan fingerprint density at radius 1 is 1.29 bits per heavy atom. The van der Waals surface area contributed by atoms with Crippen LogP contribution in [0.4, 0.5) is 15.1 Å². The zero-order valence-electron chi connectivity index (χ0n) is 18.8. The number of hydrogen-bond acceptors (Lipinski definition) is 9. The number of benzene rings is 1. The number of H-pyrrole nitrogens is 1. The Morgan fingerprint density at radius 2 is 2.00 bits per heavy atom. The van der Waals surface area contributed by atoms with E-state index in [1.807, 2.05) is 0 Å². The third-order valence-corrected chi connectivity index (χ3v) is 5.17. The predicted octanol–water partition coefficient (Wildman–Crippen LogP) is 2.94. The standard InChI is InChI=1S/C23H23FN6O5/c1-3-9-26-22-27-10-8-15(28-22)17-16(13-4-6-14(24)7-5-13)29-18(30-17)19-33-11-23(2,12-34-19)20(31)35-21(25)32/h3-8,10,19H,1,9,11-12H2,2H3,(H2,25,32)(H,29,30)(H,26,27,28). The van der Waals surface area contributed by atoms with Gasteiger partial charge in [-0.2, -0.15) is 0 Å². The van der Waals surface area contributed by atoms with Crippen LogP contribution in [0.25, 0.3) is 22.6 Å². The van der Waals surface area contributed by atoms with Gasteiger partial charge in [0, 0.05) is 18.3 Å². The summed E-state index contributed by atoms with van der Waals surface area (Å²) in [5.74, 6) is -0.539. The maximum absolute atomic E-state index is 13.5. The Labute approximate surface area is 199 Å². The molecular weight excluding hydrogens is 459 g/mol. The number of halogens is 1. The van der Waals surface area contributed by atoms with E-state index in [-0.39, 0.29) is 19.0 Å². The molecule has 1 aliphatic heterocycles. The summed E-state index contributed by atoms with van der Waals surface area (Å²) in [5.41, 5.74) is 5.89. The average Bonchev–Trinajstić information content (AvgIpc) is 3.29. The number of imidazole rings is 1. The molecular formula is C23H23FN6O5. The second-order valence-corrected chi connectivity index (χ2v) is 8.01. The van der Waals surface area contributed by atoms with E-state index in [0.29, 0.717) is 41.0 Å². The molecule has 182 valence electrons. The number of hydrogen-bond donors (Lipinski definition) is 3. The van der Waals surface area contributed by atoms with Crippen LogP contribution in [-0.2, 0) is 19.0 Å². The van der Waals surface area contributed by atoms with Crippen molar-refractivity contribution in [2.45, 2.75) is 13.2 Å². The number of aromatic amines is 1. The Hall–Kier alpha value is -4.16. The quantitative estimate of drug-likeness (QED) is 0.262. The number of carbonyl (C=O) groups excluding carboxylic acids is 2. The van der Waals surface area contributed by atoms with Crippen molar-refractivity contribution in [1.29, 1.82) is 0 Å². The fourth-order valence-electron chi connectivity index (χ4n) is 3.35. The zero-order chi connectivity index (χ0) is 25.0. The summed E-state index contributed by atoms with van der Waals surface area (Å²) >= 11 is 0. The largest absolute Gasteiger partial charge is 0.412 e. The molecule has 1 aliphatic rings. The van der Waals surface area contributed by atoms with Gasteiger partial charge in [0.2, 0.25) is 12.2 Å². The topological polar surface area (TPSA) is 154 Å². The van der Waals surface area contributed by atoms with E-state index in [1.54, 1.807) is 30.5 Å². The lowest BCUT2D eigenvalue weighted by Gasteiger charge is -2.34. The van der Waals surface area contributed by atoms with Crippen molar-refractivity contribution >= 4 is 18.0 Å².